The Kier molecular flexibility index (Phi) is 5.81. The van der Waals surface area contributed by atoms with Crippen LogP contribution < -0.4 is 16.0 Å². The summed E-state index contributed by atoms with van der Waals surface area (Å²) in [5.41, 5.74) is 12.8. The van der Waals surface area contributed by atoms with Crippen LogP contribution in [-0.4, -0.2) is 43.7 Å². The molecule has 1 saturated heterocycles. The van der Waals surface area contributed by atoms with Crippen LogP contribution in [0.15, 0.2) is 60.8 Å². The number of nitrogens with two attached hydrogens (primary N) is 1. The van der Waals surface area contributed by atoms with Crippen molar-refractivity contribution in [3.63, 3.8) is 0 Å². The second-order valence-corrected chi connectivity index (χ2v) is 9.97. The third-order valence-corrected chi connectivity index (χ3v) is 7.02. The standard InChI is InChI=1S/C28H32N8/c1-18(2)23-16-31-36-26(23)33-28(35-13-7-10-21(29)17-35)34-27(36)30-15-20-9-3-5-11-22(20)25-14-19-8-4-6-12-24(19)32-25/h3-6,8-9,11-12,14,16,18,21,32H,7,10,13,15,17,29H2,1-2H3,(H,30,33,34)/t21-/m1/s1. The minimum atomic E-state index is 0.146. The Balaban J connectivity index is 1.36. The van der Waals surface area contributed by atoms with E-state index >= 15 is 0 Å². The molecule has 1 aliphatic rings. The lowest BCUT2D eigenvalue weighted by Gasteiger charge is -2.31. The molecule has 0 amide bonds. The fourth-order valence-corrected chi connectivity index (χ4v) is 5.07. The van der Waals surface area contributed by atoms with Crippen molar-refractivity contribution in [2.45, 2.75) is 45.2 Å². The van der Waals surface area contributed by atoms with Crippen molar-refractivity contribution in [3.05, 3.63) is 71.9 Å². The molecule has 0 unspecified atom stereocenters. The van der Waals surface area contributed by atoms with Crippen LogP contribution >= 0.6 is 0 Å². The number of aromatic amines is 1. The molecule has 6 rings (SSSR count). The van der Waals surface area contributed by atoms with Gasteiger partial charge in [-0.1, -0.05) is 56.3 Å². The molecule has 184 valence electrons. The Morgan fingerprint density at radius 1 is 1.11 bits per heavy atom. The molecule has 0 saturated carbocycles. The van der Waals surface area contributed by atoms with Crippen molar-refractivity contribution < 1.29 is 0 Å². The Hall–Kier alpha value is -3.91. The Morgan fingerprint density at radius 2 is 1.94 bits per heavy atom. The van der Waals surface area contributed by atoms with Gasteiger partial charge in [-0.2, -0.15) is 19.6 Å². The van der Waals surface area contributed by atoms with Crippen molar-refractivity contribution >= 4 is 28.4 Å². The average Bonchev–Trinajstić information content (AvgIpc) is 3.52. The first kappa shape index (κ1) is 22.5. The van der Waals surface area contributed by atoms with E-state index in [4.69, 9.17) is 15.7 Å². The monoisotopic (exact) mass is 480 g/mol. The number of piperidine rings is 1. The maximum absolute atomic E-state index is 6.27. The number of H-pyrrole nitrogens is 1. The van der Waals surface area contributed by atoms with Gasteiger partial charge in [0.15, 0.2) is 5.65 Å². The van der Waals surface area contributed by atoms with Gasteiger partial charge in [0.2, 0.25) is 11.9 Å². The van der Waals surface area contributed by atoms with Crippen LogP contribution in [0.5, 0.6) is 0 Å². The van der Waals surface area contributed by atoms with E-state index in [1.807, 2.05) is 10.7 Å². The van der Waals surface area contributed by atoms with Crippen LogP contribution in [-0.2, 0) is 6.54 Å². The maximum Gasteiger partial charge on any atom is 0.230 e. The summed E-state index contributed by atoms with van der Waals surface area (Å²) in [6, 6.07) is 19.2. The molecule has 36 heavy (non-hydrogen) atoms. The smallest absolute Gasteiger partial charge is 0.230 e. The summed E-state index contributed by atoms with van der Waals surface area (Å²) >= 11 is 0. The van der Waals surface area contributed by atoms with Gasteiger partial charge in [-0.15, -0.1) is 0 Å². The number of hydrogen-bond donors (Lipinski definition) is 3. The number of para-hydroxylation sites is 1. The van der Waals surface area contributed by atoms with Gasteiger partial charge in [-0.05, 0) is 36.5 Å². The average molecular weight is 481 g/mol. The van der Waals surface area contributed by atoms with Crippen LogP contribution in [0.3, 0.4) is 0 Å². The number of fused-ring (bicyclic) bond motifs is 2. The summed E-state index contributed by atoms with van der Waals surface area (Å²) in [5.74, 6) is 1.71. The van der Waals surface area contributed by atoms with Crippen molar-refractivity contribution in [3.8, 4) is 11.3 Å². The molecule has 4 heterocycles. The Labute approximate surface area is 210 Å². The van der Waals surface area contributed by atoms with Crippen molar-refractivity contribution in [2.75, 3.05) is 23.3 Å². The van der Waals surface area contributed by atoms with E-state index in [1.165, 1.54) is 10.9 Å². The number of benzene rings is 2. The topological polar surface area (TPSA) is 100 Å². The molecule has 4 N–H and O–H groups in total. The quantitative estimate of drug-likeness (QED) is 0.318. The summed E-state index contributed by atoms with van der Waals surface area (Å²) in [6.45, 7) is 6.62. The van der Waals surface area contributed by atoms with Gasteiger partial charge in [0.25, 0.3) is 0 Å². The maximum atomic E-state index is 6.27. The largest absolute Gasteiger partial charge is 0.355 e. The minimum absolute atomic E-state index is 0.146. The number of anilines is 2. The molecular weight excluding hydrogens is 448 g/mol. The summed E-state index contributed by atoms with van der Waals surface area (Å²) in [6.07, 6.45) is 4.00. The van der Waals surface area contributed by atoms with Gasteiger partial charge in [-0.3, -0.25) is 0 Å². The number of nitrogens with one attached hydrogen (secondary N) is 2. The first-order valence-electron chi connectivity index (χ1n) is 12.7. The van der Waals surface area contributed by atoms with E-state index in [-0.39, 0.29) is 6.04 Å². The molecule has 1 fully saturated rings. The number of rotatable bonds is 6. The number of nitrogens with zero attached hydrogens (tertiary/aromatic N) is 5. The molecule has 8 heteroatoms. The lowest BCUT2D eigenvalue weighted by atomic mass is 10.0. The zero-order valence-corrected chi connectivity index (χ0v) is 20.8. The molecule has 2 aromatic carbocycles. The normalized spacial score (nSPS) is 16.3. The molecule has 5 aromatic rings. The van der Waals surface area contributed by atoms with Crippen molar-refractivity contribution in [1.29, 1.82) is 0 Å². The fourth-order valence-electron chi connectivity index (χ4n) is 5.07. The number of hydrogen-bond acceptors (Lipinski definition) is 6. The summed E-state index contributed by atoms with van der Waals surface area (Å²) < 4.78 is 1.83. The molecule has 1 atom stereocenters. The molecule has 0 bridgehead atoms. The van der Waals surface area contributed by atoms with Gasteiger partial charge >= 0.3 is 0 Å². The second kappa shape index (κ2) is 9.28. The van der Waals surface area contributed by atoms with Crippen LogP contribution in [0.2, 0.25) is 0 Å². The van der Waals surface area contributed by atoms with Crippen LogP contribution in [0.4, 0.5) is 11.9 Å². The Bertz CT molecular complexity index is 1480. The van der Waals surface area contributed by atoms with E-state index in [9.17, 15) is 0 Å². The predicted molar refractivity (Wildman–Crippen MR) is 145 cm³/mol. The third-order valence-electron chi connectivity index (χ3n) is 7.02. The highest BCUT2D eigenvalue weighted by molar-refractivity contribution is 5.86. The van der Waals surface area contributed by atoms with Gasteiger partial charge in [0.1, 0.15) is 0 Å². The SMILES string of the molecule is CC(C)c1cnn2c(NCc3ccccc3-c3cc4ccccc4[nH]3)nc(N3CCC[C@@H](N)C3)nc12. The summed E-state index contributed by atoms with van der Waals surface area (Å²) in [5, 5.41) is 9.41. The zero-order chi connectivity index (χ0) is 24.6. The third kappa shape index (κ3) is 4.18. The first-order valence-corrected chi connectivity index (χ1v) is 12.7. The van der Waals surface area contributed by atoms with Crippen LogP contribution in [0, 0.1) is 0 Å². The Morgan fingerprint density at radius 3 is 2.78 bits per heavy atom. The van der Waals surface area contributed by atoms with E-state index in [1.54, 1.807) is 0 Å². The summed E-state index contributed by atoms with van der Waals surface area (Å²) in [7, 11) is 0. The highest BCUT2D eigenvalue weighted by Gasteiger charge is 2.22. The van der Waals surface area contributed by atoms with Crippen molar-refractivity contribution in [1.82, 2.24) is 24.6 Å². The fraction of sp³-hybridized carbons (Fsp3) is 0.321. The second-order valence-electron chi connectivity index (χ2n) is 9.97. The summed E-state index contributed by atoms with van der Waals surface area (Å²) in [4.78, 5) is 15.6. The van der Waals surface area contributed by atoms with E-state index < -0.39 is 0 Å². The van der Waals surface area contributed by atoms with Crippen LogP contribution in [0.1, 0.15) is 43.7 Å². The molecule has 3 aromatic heterocycles. The molecule has 8 nitrogen and oxygen atoms in total. The molecular formula is C28H32N8. The number of aromatic nitrogens is 5. The minimum Gasteiger partial charge on any atom is -0.355 e. The molecule has 1 aliphatic heterocycles. The van der Waals surface area contributed by atoms with Gasteiger partial charge < -0.3 is 20.9 Å². The van der Waals surface area contributed by atoms with Gasteiger partial charge in [0, 0.05) is 53.4 Å². The van der Waals surface area contributed by atoms with Crippen LogP contribution in [0.25, 0.3) is 27.8 Å². The molecule has 0 radical (unpaired) electrons. The predicted octanol–water partition coefficient (Wildman–Crippen LogP) is 4.94. The lowest BCUT2D eigenvalue weighted by molar-refractivity contribution is 0.499. The van der Waals surface area contributed by atoms with E-state index in [0.29, 0.717) is 24.4 Å². The highest BCUT2D eigenvalue weighted by Crippen LogP contribution is 2.29. The molecule has 0 aliphatic carbocycles. The molecule has 0 spiro atoms. The van der Waals surface area contributed by atoms with Gasteiger partial charge in [0.05, 0.1) is 6.20 Å². The van der Waals surface area contributed by atoms with E-state index in [2.05, 4.69) is 88.7 Å². The van der Waals surface area contributed by atoms with E-state index in [0.717, 1.165) is 53.9 Å². The first-order chi connectivity index (χ1) is 17.6. The highest BCUT2D eigenvalue weighted by atomic mass is 15.4. The van der Waals surface area contributed by atoms with Gasteiger partial charge in [-0.25, -0.2) is 0 Å². The van der Waals surface area contributed by atoms with Crippen molar-refractivity contribution in [2.24, 2.45) is 5.73 Å². The lowest BCUT2D eigenvalue weighted by Crippen LogP contribution is -2.43. The zero-order valence-electron chi connectivity index (χ0n) is 20.8.